The van der Waals surface area contributed by atoms with Gasteiger partial charge < -0.3 is 10.1 Å². The number of carbonyl (C=O) groups is 2. The topological polar surface area (TPSA) is 55.4 Å². The predicted octanol–water partition coefficient (Wildman–Crippen LogP) is 4.12. The molecule has 2 rings (SSSR count). The van der Waals surface area contributed by atoms with Crippen LogP contribution >= 0.6 is 31.9 Å². The van der Waals surface area contributed by atoms with E-state index in [0.29, 0.717) is 18.4 Å². The highest BCUT2D eigenvalue weighted by Gasteiger charge is 2.22. The molecule has 0 spiro atoms. The SMILES string of the molecule is COC(=O)[C@@H](CCc1ccccc1)NC(=O)c1cc(Br)cc(Br)c1. The van der Waals surface area contributed by atoms with Gasteiger partial charge in [0.1, 0.15) is 6.04 Å². The molecule has 126 valence electrons. The quantitative estimate of drug-likeness (QED) is 0.668. The Balaban J connectivity index is 2.07. The van der Waals surface area contributed by atoms with Gasteiger partial charge >= 0.3 is 5.97 Å². The summed E-state index contributed by atoms with van der Waals surface area (Å²) in [7, 11) is 1.32. The first-order valence-corrected chi connectivity index (χ1v) is 8.97. The number of esters is 1. The van der Waals surface area contributed by atoms with E-state index < -0.39 is 12.0 Å². The molecule has 0 aliphatic carbocycles. The Morgan fingerprint density at radius 2 is 1.71 bits per heavy atom. The Kier molecular flexibility index (Phi) is 6.99. The molecule has 0 heterocycles. The molecule has 0 aromatic heterocycles. The summed E-state index contributed by atoms with van der Waals surface area (Å²) in [6.07, 6.45) is 1.14. The molecule has 4 nitrogen and oxygen atoms in total. The maximum atomic E-state index is 12.4. The first kappa shape index (κ1) is 18.7. The molecule has 1 atom stereocenters. The average molecular weight is 455 g/mol. The second kappa shape index (κ2) is 8.99. The molecule has 6 heteroatoms. The summed E-state index contributed by atoms with van der Waals surface area (Å²) in [6, 6.07) is 14.3. The van der Waals surface area contributed by atoms with Gasteiger partial charge in [0, 0.05) is 14.5 Å². The van der Waals surface area contributed by atoms with Crippen molar-refractivity contribution in [1.82, 2.24) is 5.32 Å². The number of benzene rings is 2. The minimum Gasteiger partial charge on any atom is -0.467 e. The number of aryl methyl sites for hydroxylation is 1. The number of carbonyl (C=O) groups excluding carboxylic acids is 2. The van der Waals surface area contributed by atoms with Crippen molar-refractivity contribution in [3.8, 4) is 0 Å². The minimum atomic E-state index is -0.694. The monoisotopic (exact) mass is 453 g/mol. The lowest BCUT2D eigenvalue weighted by Gasteiger charge is -2.17. The predicted molar refractivity (Wildman–Crippen MR) is 99.9 cm³/mol. The van der Waals surface area contributed by atoms with Crippen LogP contribution in [0.5, 0.6) is 0 Å². The van der Waals surface area contributed by atoms with Gasteiger partial charge in [-0.3, -0.25) is 4.79 Å². The van der Waals surface area contributed by atoms with Crippen molar-refractivity contribution in [2.75, 3.05) is 7.11 Å². The fraction of sp³-hybridized carbons (Fsp3) is 0.222. The molecule has 0 bridgehead atoms. The molecule has 0 aliphatic heterocycles. The summed E-state index contributed by atoms with van der Waals surface area (Å²) in [4.78, 5) is 24.4. The van der Waals surface area contributed by atoms with Crippen LogP contribution in [0.25, 0.3) is 0 Å². The number of halogens is 2. The lowest BCUT2D eigenvalue weighted by molar-refractivity contribution is -0.143. The number of methoxy groups -OCH3 is 1. The second-order valence-electron chi connectivity index (χ2n) is 5.23. The fourth-order valence-electron chi connectivity index (χ4n) is 2.27. The van der Waals surface area contributed by atoms with E-state index in [2.05, 4.69) is 37.2 Å². The molecule has 0 aliphatic rings. The molecular weight excluding hydrogens is 438 g/mol. The van der Waals surface area contributed by atoms with E-state index >= 15 is 0 Å². The first-order valence-electron chi connectivity index (χ1n) is 7.38. The van der Waals surface area contributed by atoms with Crippen LogP contribution in [-0.2, 0) is 16.0 Å². The van der Waals surface area contributed by atoms with Crippen molar-refractivity contribution in [3.63, 3.8) is 0 Å². The molecule has 1 N–H and O–H groups in total. The van der Waals surface area contributed by atoms with Crippen molar-refractivity contribution < 1.29 is 14.3 Å². The molecule has 0 saturated heterocycles. The van der Waals surface area contributed by atoms with Crippen molar-refractivity contribution in [3.05, 3.63) is 68.6 Å². The van der Waals surface area contributed by atoms with Gasteiger partial charge in [0.2, 0.25) is 0 Å². The molecule has 0 unspecified atom stereocenters. The van der Waals surface area contributed by atoms with Crippen molar-refractivity contribution in [1.29, 1.82) is 0 Å². The van der Waals surface area contributed by atoms with E-state index in [1.54, 1.807) is 12.1 Å². The Morgan fingerprint density at radius 3 is 2.29 bits per heavy atom. The summed E-state index contributed by atoms with van der Waals surface area (Å²) in [6.45, 7) is 0. The van der Waals surface area contributed by atoms with Crippen molar-refractivity contribution in [2.45, 2.75) is 18.9 Å². The number of ether oxygens (including phenoxy) is 1. The number of rotatable bonds is 6. The largest absolute Gasteiger partial charge is 0.467 e. The van der Waals surface area contributed by atoms with Gasteiger partial charge in [0.15, 0.2) is 0 Å². The average Bonchev–Trinajstić information content (AvgIpc) is 2.57. The highest BCUT2D eigenvalue weighted by Crippen LogP contribution is 2.20. The Labute approximate surface area is 157 Å². The van der Waals surface area contributed by atoms with Crippen LogP contribution in [0.1, 0.15) is 22.3 Å². The smallest absolute Gasteiger partial charge is 0.328 e. The Hall–Kier alpha value is -1.66. The van der Waals surface area contributed by atoms with E-state index in [4.69, 9.17) is 4.74 Å². The fourth-order valence-corrected chi connectivity index (χ4v) is 3.57. The van der Waals surface area contributed by atoms with Crippen molar-refractivity contribution in [2.24, 2.45) is 0 Å². The van der Waals surface area contributed by atoms with Crippen LogP contribution in [0.3, 0.4) is 0 Å². The summed E-state index contributed by atoms with van der Waals surface area (Å²) in [5, 5.41) is 2.75. The van der Waals surface area contributed by atoms with Crippen LogP contribution in [0.15, 0.2) is 57.5 Å². The highest BCUT2D eigenvalue weighted by molar-refractivity contribution is 9.11. The highest BCUT2D eigenvalue weighted by atomic mass is 79.9. The molecule has 1 amide bonds. The van der Waals surface area contributed by atoms with Crippen LogP contribution in [-0.4, -0.2) is 25.0 Å². The van der Waals surface area contributed by atoms with Crippen LogP contribution in [0, 0.1) is 0 Å². The van der Waals surface area contributed by atoms with Crippen LogP contribution in [0.4, 0.5) is 0 Å². The van der Waals surface area contributed by atoms with Gasteiger partial charge in [0.05, 0.1) is 7.11 Å². The lowest BCUT2D eigenvalue weighted by atomic mass is 10.0. The summed E-state index contributed by atoms with van der Waals surface area (Å²) in [5.41, 5.74) is 1.57. The van der Waals surface area contributed by atoms with E-state index in [-0.39, 0.29) is 5.91 Å². The molecular formula is C18H17Br2NO3. The standard InChI is InChI=1S/C18H17Br2NO3/c1-24-18(23)16(8-7-12-5-3-2-4-6-12)21-17(22)13-9-14(19)11-15(20)10-13/h2-6,9-11,16H,7-8H2,1H3,(H,21,22)/t16-/m1/s1. The van der Waals surface area contributed by atoms with E-state index in [1.807, 2.05) is 36.4 Å². The molecule has 0 saturated carbocycles. The van der Waals surface area contributed by atoms with Crippen LogP contribution in [0.2, 0.25) is 0 Å². The normalized spacial score (nSPS) is 11.6. The minimum absolute atomic E-state index is 0.319. The molecule has 2 aromatic carbocycles. The van der Waals surface area contributed by atoms with Crippen molar-refractivity contribution >= 4 is 43.7 Å². The summed E-state index contributed by atoms with van der Waals surface area (Å²) in [5.74, 6) is -0.770. The van der Waals surface area contributed by atoms with Gasteiger partial charge in [-0.2, -0.15) is 0 Å². The maximum Gasteiger partial charge on any atom is 0.328 e. The molecule has 24 heavy (non-hydrogen) atoms. The van der Waals surface area contributed by atoms with E-state index in [9.17, 15) is 9.59 Å². The number of amides is 1. The molecule has 2 aromatic rings. The third kappa shape index (κ3) is 5.46. The Bertz CT molecular complexity index is 699. The zero-order valence-corrected chi connectivity index (χ0v) is 16.3. The van der Waals surface area contributed by atoms with Gasteiger partial charge in [0.25, 0.3) is 5.91 Å². The number of hydrogen-bond acceptors (Lipinski definition) is 3. The first-order chi connectivity index (χ1) is 11.5. The lowest BCUT2D eigenvalue weighted by Crippen LogP contribution is -2.41. The summed E-state index contributed by atoms with van der Waals surface area (Å²) >= 11 is 6.70. The maximum absolute atomic E-state index is 12.4. The van der Waals surface area contributed by atoms with Gasteiger partial charge in [-0.25, -0.2) is 4.79 Å². The van der Waals surface area contributed by atoms with Gasteiger partial charge in [-0.1, -0.05) is 62.2 Å². The third-order valence-corrected chi connectivity index (χ3v) is 4.40. The number of nitrogens with one attached hydrogen (secondary N) is 1. The Morgan fingerprint density at radius 1 is 1.08 bits per heavy atom. The van der Waals surface area contributed by atoms with Gasteiger partial charge in [-0.05, 0) is 36.6 Å². The third-order valence-electron chi connectivity index (χ3n) is 3.48. The number of hydrogen-bond donors (Lipinski definition) is 1. The van der Waals surface area contributed by atoms with E-state index in [0.717, 1.165) is 14.5 Å². The molecule has 0 radical (unpaired) electrons. The van der Waals surface area contributed by atoms with Crippen LogP contribution < -0.4 is 5.32 Å². The molecule has 0 fully saturated rings. The summed E-state index contributed by atoms with van der Waals surface area (Å²) < 4.78 is 6.37. The zero-order valence-electron chi connectivity index (χ0n) is 13.1. The van der Waals surface area contributed by atoms with E-state index in [1.165, 1.54) is 7.11 Å². The van der Waals surface area contributed by atoms with Gasteiger partial charge in [-0.15, -0.1) is 0 Å². The zero-order chi connectivity index (χ0) is 17.5. The second-order valence-corrected chi connectivity index (χ2v) is 7.06.